The SMILES string of the molecule is CC(=O)NCC(O)C(O)c1ccc(F)c(F)c1. The van der Waals surface area contributed by atoms with Gasteiger partial charge in [0.2, 0.25) is 5.91 Å². The highest BCUT2D eigenvalue weighted by molar-refractivity contribution is 5.72. The predicted octanol–water partition coefficient (Wildman–Crippen LogP) is 0.495. The summed E-state index contributed by atoms with van der Waals surface area (Å²) in [5.74, 6) is -2.49. The van der Waals surface area contributed by atoms with Gasteiger partial charge in [0.05, 0.1) is 0 Å². The molecule has 94 valence electrons. The third kappa shape index (κ3) is 3.76. The van der Waals surface area contributed by atoms with Crippen molar-refractivity contribution in [2.24, 2.45) is 0 Å². The first-order valence-electron chi connectivity index (χ1n) is 4.97. The minimum Gasteiger partial charge on any atom is -0.388 e. The molecule has 1 aromatic rings. The number of carbonyl (C=O) groups excluding carboxylic acids is 1. The second-order valence-corrected chi connectivity index (χ2v) is 3.62. The molecule has 1 aromatic carbocycles. The van der Waals surface area contributed by atoms with Crippen molar-refractivity contribution in [1.82, 2.24) is 5.32 Å². The minimum absolute atomic E-state index is 0.0433. The summed E-state index contributed by atoms with van der Waals surface area (Å²) >= 11 is 0. The van der Waals surface area contributed by atoms with E-state index < -0.39 is 23.8 Å². The Hall–Kier alpha value is -1.53. The summed E-state index contributed by atoms with van der Waals surface area (Å²) in [4.78, 5) is 10.6. The molecule has 4 nitrogen and oxygen atoms in total. The molecule has 0 spiro atoms. The molecule has 0 saturated heterocycles. The average Bonchev–Trinajstić information content (AvgIpc) is 2.28. The first-order chi connectivity index (χ1) is 7.91. The molecule has 0 heterocycles. The lowest BCUT2D eigenvalue weighted by Gasteiger charge is -2.18. The molecule has 0 aliphatic heterocycles. The van der Waals surface area contributed by atoms with E-state index in [1.54, 1.807) is 0 Å². The van der Waals surface area contributed by atoms with Gasteiger partial charge in [-0.25, -0.2) is 8.78 Å². The second kappa shape index (κ2) is 5.70. The number of rotatable bonds is 4. The molecule has 2 atom stereocenters. The van der Waals surface area contributed by atoms with E-state index >= 15 is 0 Å². The van der Waals surface area contributed by atoms with Crippen LogP contribution in [0.15, 0.2) is 18.2 Å². The van der Waals surface area contributed by atoms with Crippen LogP contribution in [0.5, 0.6) is 0 Å². The molecule has 3 N–H and O–H groups in total. The second-order valence-electron chi connectivity index (χ2n) is 3.62. The van der Waals surface area contributed by atoms with Crippen molar-refractivity contribution >= 4 is 5.91 Å². The van der Waals surface area contributed by atoms with E-state index in [4.69, 9.17) is 0 Å². The van der Waals surface area contributed by atoms with Gasteiger partial charge in [-0.3, -0.25) is 4.79 Å². The van der Waals surface area contributed by atoms with Gasteiger partial charge in [-0.2, -0.15) is 0 Å². The Morgan fingerprint density at radius 2 is 2.00 bits per heavy atom. The van der Waals surface area contributed by atoms with Gasteiger partial charge in [-0.15, -0.1) is 0 Å². The maximum absolute atomic E-state index is 12.9. The number of nitrogens with one attached hydrogen (secondary N) is 1. The van der Waals surface area contributed by atoms with Gasteiger partial charge in [0.25, 0.3) is 0 Å². The molecule has 17 heavy (non-hydrogen) atoms. The summed E-state index contributed by atoms with van der Waals surface area (Å²) in [6.45, 7) is 1.09. The minimum atomic E-state index is -1.39. The molecule has 0 aliphatic rings. The van der Waals surface area contributed by atoms with Crippen LogP contribution in [0.2, 0.25) is 0 Å². The van der Waals surface area contributed by atoms with Crippen LogP contribution < -0.4 is 5.32 Å². The van der Waals surface area contributed by atoms with Crippen molar-refractivity contribution < 1.29 is 23.8 Å². The first kappa shape index (κ1) is 13.5. The zero-order valence-electron chi connectivity index (χ0n) is 9.15. The first-order valence-corrected chi connectivity index (χ1v) is 4.97. The highest BCUT2D eigenvalue weighted by Crippen LogP contribution is 2.19. The van der Waals surface area contributed by atoms with Gasteiger partial charge in [0, 0.05) is 13.5 Å². The van der Waals surface area contributed by atoms with Crippen LogP contribution >= 0.6 is 0 Å². The fourth-order valence-corrected chi connectivity index (χ4v) is 1.28. The number of benzene rings is 1. The largest absolute Gasteiger partial charge is 0.388 e. The number of hydrogen-bond donors (Lipinski definition) is 3. The Morgan fingerprint density at radius 3 is 2.53 bits per heavy atom. The lowest BCUT2D eigenvalue weighted by atomic mass is 10.0. The van der Waals surface area contributed by atoms with Crippen LogP contribution in [0.25, 0.3) is 0 Å². The predicted molar refractivity (Wildman–Crippen MR) is 56.0 cm³/mol. The van der Waals surface area contributed by atoms with Gasteiger partial charge in [0.15, 0.2) is 11.6 Å². The summed E-state index contributed by atoms with van der Waals surface area (Å²) in [6.07, 6.45) is -2.68. The Kier molecular flexibility index (Phi) is 4.53. The highest BCUT2D eigenvalue weighted by Gasteiger charge is 2.19. The number of hydrogen-bond acceptors (Lipinski definition) is 3. The third-order valence-electron chi connectivity index (χ3n) is 2.21. The van der Waals surface area contributed by atoms with Crippen LogP contribution in [0, 0.1) is 11.6 Å². The number of carbonyl (C=O) groups is 1. The highest BCUT2D eigenvalue weighted by atomic mass is 19.2. The third-order valence-corrected chi connectivity index (χ3v) is 2.21. The summed E-state index contributed by atoms with van der Waals surface area (Å²) in [6, 6.07) is 2.83. The Morgan fingerprint density at radius 1 is 1.35 bits per heavy atom. The van der Waals surface area contributed by atoms with Gasteiger partial charge in [0.1, 0.15) is 12.2 Å². The van der Waals surface area contributed by atoms with Crippen LogP contribution in [0.3, 0.4) is 0 Å². The Balaban J connectivity index is 2.70. The molecule has 6 heteroatoms. The van der Waals surface area contributed by atoms with Crippen LogP contribution in [0.4, 0.5) is 8.78 Å². The lowest BCUT2D eigenvalue weighted by molar-refractivity contribution is -0.119. The molecule has 1 amide bonds. The average molecular weight is 245 g/mol. The van der Waals surface area contributed by atoms with E-state index in [1.807, 2.05) is 0 Å². The molecule has 0 aliphatic carbocycles. The fourth-order valence-electron chi connectivity index (χ4n) is 1.28. The maximum Gasteiger partial charge on any atom is 0.216 e. The van der Waals surface area contributed by atoms with Crippen LogP contribution in [-0.2, 0) is 4.79 Å². The van der Waals surface area contributed by atoms with E-state index in [1.165, 1.54) is 13.0 Å². The van der Waals surface area contributed by atoms with E-state index in [-0.39, 0.29) is 18.0 Å². The molecule has 0 aromatic heterocycles. The van der Waals surface area contributed by atoms with Crippen molar-refractivity contribution in [3.63, 3.8) is 0 Å². The topological polar surface area (TPSA) is 69.6 Å². The Bertz CT molecular complexity index is 412. The van der Waals surface area contributed by atoms with E-state index in [0.717, 1.165) is 12.1 Å². The standard InChI is InChI=1S/C11H13F2NO3/c1-6(15)14-5-10(16)11(17)7-2-3-8(12)9(13)4-7/h2-4,10-11,16-17H,5H2,1H3,(H,14,15). The maximum atomic E-state index is 12.9. The summed E-state index contributed by atoms with van der Waals surface area (Å²) < 4.78 is 25.5. The fraction of sp³-hybridized carbons (Fsp3) is 0.364. The van der Waals surface area contributed by atoms with Gasteiger partial charge in [-0.1, -0.05) is 6.07 Å². The Labute approximate surface area is 96.9 Å². The quantitative estimate of drug-likeness (QED) is 0.723. The summed E-state index contributed by atoms with van der Waals surface area (Å²) in [7, 11) is 0. The molecular weight excluding hydrogens is 232 g/mol. The van der Waals surface area contributed by atoms with Crippen molar-refractivity contribution in [1.29, 1.82) is 0 Å². The number of aliphatic hydroxyl groups is 2. The normalized spacial score (nSPS) is 14.2. The van der Waals surface area contributed by atoms with Crippen molar-refractivity contribution in [3.8, 4) is 0 Å². The van der Waals surface area contributed by atoms with Gasteiger partial charge >= 0.3 is 0 Å². The van der Waals surface area contributed by atoms with E-state index in [2.05, 4.69) is 5.32 Å². The zero-order valence-corrected chi connectivity index (χ0v) is 9.15. The molecule has 0 bridgehead atoms. The number of aliphatic hydroxyl groups excluding tert-OH is 2. The van der Waals surface area contributed by atoms with Gasteiger partial charge < -0.3 is 15.5 Å². The van der Waals surface area contributed by atoms with E-state index in [0.29, 0.717) is 0 Å². The number of halogens is 2. The zero-order chi connectivity index (χ0) is 13.0. The molecule has 0 saturated carbocycles. The monoisotopic (exact) mass is 245 g/mol. The molecule has 0 radical (unpaired) electrons. The van der Waals surface area contributed by atoms with Crippen LogP contribution in [-0.4, -0.2) is 28.8 Å². The molecule has 0 fully saturated rings. The molecular formula is C11H13F2NO3. The molecule has 1 rings (SSSR count). The van der Waals surface area contributed by atoms with Gasteiger partial charge in [-0.05, 0) is 17.7 Å². The van der Waals surface area contributed by atoms with Crippen molar-refractivity contribution in [2.75, 3.05) is 6.54 Å². The smallest absolute Gasteiger partial charge is 0.216 e. The summed E-state index contributed by atoms with van der Waals surface area (Å²) in [5.41, 5.74) is 0.0433. The van der Waals surface area contributed by atoms with Crippen molar-refractivity contribution in [2.45, 2.75) is 19.1 Å². The lowest BCUT2D eigenvalue weighted by Crippen LogP contribution is -2.34. The van der Waals surface area contributed by atoms with Crippen molar-refractivity contribution in [3.05, 3.63) is 35.4 Å². The summed E-state index contributed by atoms with van der Waals surface area (Å²) in [5, 5.41) is 21.4. The number of amides is 1. The van der Waals surface area contributed by atoms with E-state index in [9.17, 15) is 23.8 Å². The molecule has 2 unspecified atom stereocenters. The van der Waals surface area contributed by atoms with Crippen LogP contribution in [0.1, 0.15) is 18.6 Å².